The van der Waals surface area contributed by atoms with E-state index in [2.05, 4.69) is 65.6 Å². The number of nitrogens with zero attached hydrogens (tertiary/aromatic N) is 1. The van der Waals surface area contributed by atoms with E-state index in [1.165, 1.54) is 5.46 Å². The summed E-state index contributed by atoms with van der Waals surface area (Å²) in [5.41, 5.74) is 1.89. The quantitative estimate of drug-likeness (QED) is 0.577. The van der Waals surface area contributed by atoms with Crippen LogP contribution in [0.4, 0.5) is 0 Å². The van der Waals surface area contributed by atoms with Crippen LogP contribution in [0.15, 0.2) is 48.7 Å². The fourth-order valence-corrected chi connectivity index (χ4v) is 2.64. The minimum atomic E-state index is -0.244. The average Bonchev–Trinajstić information content (AvgIpc) is 2.64. The van der Waals surface area contributed by atoms with Gasteiger partial charge in [0.2, 0.25) is 0 Å². The number of ether oxygens (including phenoxy) is 1. The molecular formula is C23H34BNO2. The van der Waals surface area contributed by atoms with Gasteiger partial charge in [-0.2, -0.15) is 0 Å². The summed E-state index contributed by atoms with van der Waals surface area (Å²) in [7, 11) is 0. The first-order valence-electron chi connectivity index (χ1n) is 9.94. The molecule has 2 aromatic rings. The van der Waals surface area contributed by atoms with Crippen LogP contribution in [0.25, 0.3) is 0 Å². The maximum Gasteiger partial charge on any atom is 0.330 e. The van der Waals surface area contributed by atoms with Gasteiger partial charge in [-0.25, -0.2) is 0 Å². The minimum Gasteiger partial charge on any atom is -0.487 e. The largest absolute Gasteiger partial charge is 0.487 e. The third-order valence-electron chi connectivity index (χ3n) is 5.69. The van der Waals surface area contributed by atoms with Gasteiger partial charge < -0.3 is 9.39 Å². The van der Waals surface area contributed by atoms with Crippen molar-refractivity contribution >= 4 is 12.4 Å². The lowest BCUT2D eigenvalue weighted by atomic mass is 9.50. The summed E-state index contributed by atoms with van der Waals surface area (Å²) in [4.78, 5) is 4.32. The zero-order valence-electron chi connectivity index (χ0n) is 18.0. The first kappa shape index (κ1) is 21.5. The summed E-state index contributed by atoms with van der Waals surface area (Å²) in [5, 5.41) is 0. The first-order chi connectivity index (χ1) is 12.6. The van der Waals surface area contributed by atoms with Crippen LogP contribution in [0, 0.1) is 5.41 Å². The summed E-state index contributed by atoms with van der Waals surface area (Å²) in [6.45, 7) is 16.0. The van der Waals surface area contributed by atoms with E-state index in [0.717, 1.165) is 17.9 Å². The van der Waals surface area contributed by atoms with Crippen LogP contribution >= 0.6 is 0 Å². The summed E-state index contributed by atoms with van der Waals surface area (Å²) in [5.74, 6) is 1.27. The second kappa shape index (κ2) is 8.92. The molecule has 0 N–H and O–H groups in total. The number of aromatic nitrogens is 1. The number of benzene rings is 1. The second-order valence-electron chi connectivity index (χ2n) is 8.87. The normalized spacial score (nSPS) is 13.3. The third kappa shape index (κ3) is 5.84. The fraction of sp³-hybridized carbons (Fsp3) is 0.522. The lowest BCUT2D eigenvalue weighted by molar-refractivity contribution is -0.00205. The van der Waals surface area contributed by atoms with Crippen LogP contribution in [-0.4, -0.2) is 17.5 Å². The van der Waals surface area contributed by atoms with Crippen molar-refractivity contribution in [2.24, 2.45) is 5.41 Å². The molecule has 1 aromatic carbocycles. The SMILES string of the molecule is CCC(C)B(OC(C)(C)C(C)(C)C)c1cccc(OCc2ccccn2)c1. The molecule has 1 heterocycles. The van der Waals surface area contributed by atoms with Gasteiger partial charge in [0.1, 0.15) is 12.4 Å². The Bertz CT molecular complexity index is 710. The van der Waals surface area contributed by atoms with Gasteiger partial charge in [0.25, 0.3) is 0 Å². The Labute approximate surface area is 165 Å². The van der Waals surface area contributed by atoms with Crippen LogP contribution in [0.2, 0.25) is 5.82 Å². The molecule has 1 atom stereocenters. The highest BCUT2D eigenvalue weighted by atomic mass is 16.5. The average molecular weight is 367 g/mol. The van der Waals surface area contributed by atoms with Crippen molar-refractivity contribution in [1.29, 1.82) is 0 Å². The minimum absolute atomic E-state index is 0.0302. The molecule has 0 bridgehead atoms. The number of hydrogen-bond acceptors (Lipinski definition) is 3. The van der Waals surface area contributed by atoms with Crippen molar-refractivity contribution in [2.45, 2.75) is 72.9 Å². The van der Waals surface area contributed by atoms with Gasteiger partial charge in [0, 0.05) is 6.20 Å². The van der Waals surface area contributed by atoms with E-state index in [4.69, 9.17) is 9.39 Å². The Hall–Kier alpha value is -1.81. The molecule has 0 radical (unpaired) electrons. The van der Waals surface area contributed by atoms with E-state index in [9.17, 15) is 0 Å². The van der Waals surface area contributed by atoms with E-state index in [1.807, 2.05) is 30.3 Å². The lowest BCUT2D eigenvalue weighted by Gasteiger charge is -2.42. The zero-order chi connectivity index (χ0) is 20.1. The van der Waals surface area contributed by atoms with Gasteiger partial charge in [0.05, 0.1) is 11.3 Å². The highest BCUT2D eigenvalue weighted by Gasteiger charge is 2.39. The topological polar surface area (TPSA) is 31.4 Å². The van der Waals surface area contributed by atoms with Crippen molar-refractivity contribution in [3.8, 4) is 5.75 Å². The summed E-state index contributed by atoms with van der Waals surface area (Å²) in [6, 6.07) is 14.2. The van der Waals surface area contributed by atoms with E-state index < -0.39 is 0 Å². The fourth-order valence-electron chi connectivity index (χ4n) is 2.64. The molecule has 0 aliphatic rings. The molecule has 146 valence electrons. The van der Waals surface area contributed by atoms with Crippen molar-refractivity contribution in [2.75, 3.05) is 0 Å². The van der Waals surface area contributed by atoms with Gasteiger partial charge >= 0.3 is 6.92 Å². The van der Waals surface area contributed by atoms with Crippen LogP contribution in [0.1, 0.15) is 60.6 Å². The van der Waals surface area contributed by atoms with Gasteiger partial charge in [-0.3, -0.25) is 4.98 Å². The van der Waals surface area contributed by atoms with E-state index >= 15 is 0 Å². The molecule has 0 spiro atoms. The standard InChI is InChI=1S/C23H34BNO2/c1-8-18(2)24(27-23(6,7)22(3,4)5)19-12-11-14-21(16-19)26-17-20-13-9-10-15-25-20/h9-16,18H,8,17H2,1-7H3. The van der Waals surface area contributed by atoms with Crippen molar-refractivity contribution in [3.63, 3.8) is 0 Å². The Morgan fingerprint density at radius 3 is 2.37 bits per heavy atom. The van der Waals surface area contributed by atoms with Gasteiger partial charge in [-0.1, -0.05) is 59.2 Å². The zero-order valence-corrected chi connectivity index (χ0v) is 18.0. The maximum absolute atomic E-state index is 6.69. The molecule has 0 fully saturated rings. The molecule has 0 amide bonds. The van der Waals surface area contributed by atoms with Crippen LogP contribution in [0.5, 0.6) is 5.75 Å². The Morgan fingerprint density at radius 2 is 1.78 bits per heavy atom. The summed E-state index contributed by atoms with van der Waals surface area (Å²) < 4.78 is 12.7. The van der Waals surface area contributed by atoms with Gasteiger partial charge in [-0.15, -0.1) is 0 Å². The molecule has 0 saturated heterocycles. The highest BCUT2D eigenvalue weighted by molar-refractivity contribution is 6.68. The van der Waals surface area contributed by atoms with Crippen molar-refractivity contribution in [1.82, 2.24) is 4.98 Å². The lowest BCUT2D eigenvalue weighted by Crippen LogP contribution is -2.49. The summed E-state index contributed by atoms with van der Waals surface area (Å²) in [6.07, 6.45) is 2.85. The molecule has 1 aromatic heterocycles. The van der Waals surface area contributed by atoms with E-state index in [0.29, 0.717) is 12.4 Å². The maximum atomic E-state index is 6.69. The van der Waals surface area contributed by atoms with Crippen molar-refractivity contribution in [3.05, 3.63) is 54.4 Å². The first-order valence-corrected chi connectivity index (χ1v) is 9.94. The molecule has 0 aliphatic carbocycles. The Balaban J connectivity index is 2.20. The van der Waals surface area contributed by atoms with E-state index in [-0.39, 0.29) is 17.9 Å². The Kier molecular flexibility index (Phi) is 7.10. The van der Waals surface area contributed by atoms with Crippen molar-refractivity contribution < 1.29 is 9.39 Å². The van der Waals surface area contributed by atoms with Gasteiger partial charge in [0.15, 0.2) is 0 Å². The molecule has 4 heteroatoms. The smallest absolute Gasteiger partial charge is 0.330 e. The molecule has 0 aliphatic heterocycles. The Morgan fingerprint density at radius 1 is 1.04 bits per heavy atom. The van der Waals surface area contributed by atoms with Gasteiger partial charge in [-0.05, 0) is 54.8 Å². The van der Waals surface area contributed by atoms with E-state index in [1.54, 1.807) is 6.20 Å². The van der Waals surface area contributed by atoms with Crippen LogP contribution in [0.3, 0.4) is 0 Å². The highest BCUT2D eigenvalue weighted by Crippen LogP contribution is 2.35. The molecular weight excluding hydrogens is 333 g/mol. The molecule has 27 heavy (non-hydrogen) atoms. The molecule has 0 saturated carbocycles. The third-order valence-corrected chi connectivity index (χ3v) is 5.69. The van der Waals surface area contributed by atoms with Crippen LogP contribution < -0.4 is 10.2 Å². The predicted octanol–water partition coefficient (Wildman–Crippen LogP) is 5.50. The second-order valence-corrected chi connectivity index (χ2v) is 8.87. The molecule has 1 unspecified atom stereocenters. The number of pyridine rings is 1. The predicted molar refractivity (Wildman–Crippen MR) is 115 cm³/mol. The number of hydrogen-bond donors (Lipinski definition) is 0. The molecule has 3 nitrogen and oxygen atoms in total. The summed E-state index contributed by atoms with van der Waals surface area (Å²) >= 11 is 0. The van der Waals surface area contributed by atoms with Crippen LogP contribution in [-0.2, 0) is 11.3 Å². The monoisotopic (exact) mass is 367 g/mol. The number of rotatable bonds is 8. The molecule has 2 rings (SSSR count).